The fourth-order valence-corrected chi connectivity index (χ4v) is 4.44. The topological polar surface area (TPSA) is 59.8 Å². The minimum Gasteiger partial charge on any atom is -0.325 e. The molecular formula is C22H26N4OS2. The van der Waals surface area contributed by atoms with E-state index < -0.39 is 0 Å². The molecular weight excluding hydrogens is 400 g/mol. The number of nitrogens with one attached hydrogen (secondary N) is 1. The van der Waals surface area contributed by atoms with Crippen LogP contribution in [0.15, 0.2) is 52.5 Å². The third kappa shape index (κ3) is 5.87. The van der Waals surface area contributed by atoms with Crippen molar-refractivity contribution in [1.29, 1.82) is 0 Å². The van der Waals surface area contributed by atoms with Crippen LogP contribution in [0, 0.1) is 20.8 Å². The molecule has 0 spiro atoms. The van der Waals surface area contributed by atoms with E-state index in [1.54, 1.807) is 11.8 Å². The van der Waals surface area contributed by atoms with Crippen molar-refractivity contribution in [2.24, 2.45) is 0 Å². The summed E-state index contributed by atoms with van der Waals surface area (Å²) in [5.41, 5.74) is 4.45. The second-order valence-electron chi connectivity index (χ2n) is 6.88. The van der Waals surface area contributed by atoms with Crippen LogP contribution in [-0.2, 0) is 17.1 Å². The molecule has 0 aliphatic heterocycles. The highest BCUT2D eigenvalue weighted by Gasteiger charge is 2.14. The van der Waals surface area contributed by atoms with Gasteiger partial charge in [-0.25, -0.2) is 0 Å². The van der Waals surface area contributed by atoms with Crippen molar-refractivity contribution in [3.8, 4) is 0 Å². The van der Waals surface area contributed by atoms with Gasteiger partial charge in [0.25, 0.3) is 0 Å². The Bertz CT molecular complexity index is 983. The Balaban J connectivity index is 1.57. The van der Waals surface area contributed by atoms with E-state index in [4.69, 9.17) is 0 Å². The number of aryl methyl sites for hydroxylation is 3. The lowest BCUT2D eigenvalue weighted by Gasteiger charge is -2.09. The molecule has 3 aromatic rings. The molecule has 7 heteroatoms. The normalized spacial score (nSPS) is 10.9. The van der Waals surface area contributed by atoms with Gasteiger partial charge in [-0.15, -0.1) is 22.0 Å². The summed E-state index contributed by atoms with van der Waals surface area (Å²) in [4.78, 5) is 13.5. The molecule has 1 heterocycles. The van der Waals surface area contributed by atoms with Gasteiger partial charge in [0.05, 0.1) is 11.5 Å². The first-order valence-corrected chi connectivity index (χ1v) is 11.5. The smallest absolute Gasteiger partial charge is 0.234 e. The van der Waals surface area contributed by atoms with Crippen LogP contribution in [0.25, 0.3) is 0 Å². The summed E-state index contributed by atoms with van der Waals surface area (Å²) in [7, 11) is 0. The minimum atomic E-state index is -0.0421. The van der Waals surface area contributed by atoms with Gasteiger partial charge in [0.1, 0.15) is 5.82 Å². The van der Waals surface area contributed by atoms with E-state index in [1.807, 2.05) is 25.1 Å². The van der Waals surface area contributed by atoms with Crippen LogP contribution in [0.2, 0.25) is 0 Å². The number of carbonyl (C=O) groups is 1. The number of aromatic nitrogens is 3. The van der Waals surface area contributed by atoms with Gasteiger partial charge in [-0.1, -0.05) is 35.5 Å². The number of hydrogen-bond donors (Lipinski definition) is 1. The molecule has 0 radical (unpaired) electrons. The maximum absolute atomic E-state index is 12.3. The van der Waals surface area contributed by atoms with Gasteiger partial charge < -0.3 is 9.88 Å². The Morgan fingerprint density at radius 2 is 1.76 bits per heavy atom. The van der Waals surface area contributed by atoms with Crippen molar-refractivity contribution in [3.63, 3.8) is 0 Å². The predicted molar refractivity (Wildman–Crippen MR) is 122 cm³/mol. The maximum atomic E-state index is 12.3. The molecule has 0 bridgehead atoms. The molecule has 0 unspecified atom stereocenters. The van der Waals surface area contributed by atoms with Gasteiger partial charge >= 0.3 is 0 Å². The van der Waals surface area contributed by atoms with Gasteiger partial charge in [-0.3, -0.25) is 4.79 Å². The van der Waals surface area contributed by atoms with E-state index >= 15 is 0 Å². The van der Waals surface area contributed by atoms with Crippen LogP contribution in [-0.4, -0.2) is 26.4 Å². The minimum absolute atomic E-state index is 0.0421. The lowest BCUT2D eigenvalue weighted by molar-refractivity contribution is -0.113. The zero-order valence-electron chi connectivity index (χ0n) is 17.2. The van der Waals surface area contributed by atoms with Crippen molar-refractivity contribution in [1.82, 2.24) is 14.8 Å². The zero-order chi connectivity index (χ0) is 20.8. The van der Waals surface area contributed by atoms with Crippen LogP contribution in [0.5, 0.6) is 0 Å². The second kappa shape index (κ2) is 9.98. The van der Waals surface area contributed by atoms with Gasteiger partial charge in [0.2, 0.25) is 5.91 Å². The lowest BCUT2D eigenvalue weighted by atomic mass is 10.1. The molecule has 0 saturated carbocycles. The zero-order valence-corrected chi connectivity index (χ0v) is 18.9. The fraction of sp³-hybridized carbons (Fsp3) is 0.318. The molecule has 0 aliphatic rings. The molecule has 29 heavy (non-hydrogen) atoms. The van der Waals surface area contributed by atoms with E-state index in [2.05, 4.69) is 65.1 Å². The van der Waals surface area contributed by atoms with E-state index in [0.29, 0.717) is 5.75 Å². The molecule has 1 amide bonds. The van der Waals surface area contributed by atoms with Crippen LogP contribution in [0.3, 0.4) is 0 Å². The highest BCUT2D eigenvalue weighted by atomic mass is 32.2. The average molecular weight is 427 g/mol. The van der Waals surface area contributed by atoms with Crippen molar-refractivity contribution in [3.05, 3.63) is 65.0 Å². The number of amides is 1. The molecule has 0 atom stereocenters. The Morgan fingerprint density at radius 1 is 1.00 bits per heavy atom. The Kier molecular flexibility index (Phi) is 7.39. The van der Waals surface area contributed by atoms with Crippen molar-refractivity contribution in [2.75, 3.05) is 11.1 Å². The Hall–Kier alpha value is -2.25. The summed E-state index contributed by atoms with van der Waals surface area (Å²) in [6.45, 7) is 9.03. The lowest BCUT2D eigenvalue weighted by Crippen LogP contribution is -2.15. The fourth-order valence-electron chi connectivity index (χ4n) is 2.78. The first-order chi connectivity index (χ1) is 14.0. The highest BCUT2D eigenvalue weighted by Crippen LogP contribution is 2.25. The van der Waals surface area contributed by atoms with E-state index in [-0.39, 0.29) is 5.91 Å². The number of benzene rings is 2. The summed E-state index contributed by atoms with van der Waals surface area (Å²) in [5, 5.41) is 12.4. The van der Waals surface area contributed by atoms with Crippen LogP contribution in [0.4, 0.5) is 5.69 Å². The van der Waals surface area contributed by atoms with Crippen LogP contribution < -0.4 is 5.32 Å². The molecule has 0 saturated heterocycles. The number of hydrogen-bond acceptors (Lipinski definition) is 5. The molecule has 0 fully saturated rings. The molecule has 2 aromatic carbocycles. The monoisotopic (exact) mass is 426 g/mol. The Morgan fingerprint density at radius 3 is 2.45 bits per heavy atom. The van der Waals surface area contributed by atoms with Gasteiger partial charge in [-0.05, 0) is 63.1 Å². The predicted octanol–water partition coefficient (Wildman–Crippen LogP) is 5.25. The summed E-state index contributed by atoms with van der Waals surface area (Å²) in [5.74, 6) is 1.93. The average Bonchev–Trinajstić information content (AvgIpc) is 3.10. The van der Waals surface area contributed by atoms with Crippen molar-refractivity contribution < 1.29 is 4.79 Å². The molecule has 5 nitrogen and oxygen atoms in total. The summed E-state index contributed by atoms with van der Waals surface area (Å²) in [6.07, 6.45) is 0. The SMILES string of the molecule is CCn1c(CSc2ccc(C)cc2)nnc1SCC(=O)Nc1ccc(C)c(C)c1. The van der Waals surface area contributed by atoms with E-state index in [0.717, 1.165) is 34.5 Å². The third-order valence-electron chi connectivity index (χ3n) is 4.62. The number of rotatable bonds is 8. The first kappa shape index (κ1) is 21.5. The molecule has 3 rings (SSSR count). The van der Waals surface area contributed by atoms with E-state index in [1.165, 1.54) is 27.8 Å². The van der Waals surface area contributed by atoms with Gasteiger partial charge in [0.15, 0.2) is 5.16 Å². The van der Waals surface area contributed by atoms with Crippen molar-refractivity contribution >= 4 is 35.1 Å². The molecule has 152 valence electrons. The van der Waals surface area contributed by atoms with Crippen LogP contribution in [0.1, 0.15) is 29.4 Å². The summed E-state index contributed by atoms with van der Waals surface area (Å²) < 4.78 is 2.08. The molecule has 1 N–H and O–H groups in total. The maximum Gasteiger partial charge on any atom is 0.234 e. The number of anilines is 1. The number of nitrogens with zero attached hydrogens (tertiary/aromatic N) is 3. The molecule has 1 aromatic heterocycles. The third-order valence-corrected chi connectivity index (χ3v) is 6.60. The Labute approximate surface area is 180 Å². The molecule has 0 aliphatic carbocycles. The quantitative estimate of drug-likeness (QED) is 0.499. The number of thioether (sulfide) groups is 2. The number of carbonyl (C=O) groups excluding carboxylic acids is 1. The van der Waals surface area contributed by atoms with E-state index in [9.17, 15) is 4.79 Å². The summed E-state index contributed by atoms with van der Waals surface area (Å²) in [6, 6.07) is 14.4. The van der Waals surface area contributed by atoms with Crippen LogP contribution >= 0.6 is 23.5 Å². The standard InChI is InChI=1S/C22H26N4OS2/c1-5-26-20(13-28-19-10-6-15(2)7-11-19)24-25-22(26)29-14-21(27)23-18-9-8-16(3)17(4)12-18/h6-12H,5,13-14H2,1-4H3,(H,23,27). The van der Waals surface area contributed by atoms with Gasteiger partial charge in [0, 0.05) is 17.1 Å². The largest absolute Gasteiger partial charge is 0.325 e. The van der Waals surface area contributed by atoms with Gasteiger partial charge in [-0.2, -0.15) is 0 Å². The van der Waals surface area contributed by atoms with Crippen molar-refractivity contribution in [2.45, 2.75) is 50.0 Å². The highest BCUT2D eigenvalue weighted by molar-refractivity contribution is 7.99. The summed E-state index contributed by atoms with van der Waals surface area (Å²) >= 11 is 3.16. The second-order valence-corrected chi connectivity index (χ2v) is 8.87. The first-order valence-electron chi connectivity index (χ1n) is 9.57.